The quantitative estimate of drug-likeness (QED) is 0.394. The number of rotatable bonds is 9. The van der Waals surface area contributed by atoms with E-state index in [9.17, 15) is 24.2 Å². The Bertz CT molecular complexity index is 1190. The summed E-state index contributed by atoms with van der Waals surface area (Å²) in [5.41, 5.74) is -0.115. The third-order valence-corrected chi connectivity index (χ3v) is 5.06. The van der Waals surface area contributed by atoms with Gasteiger partial charge in [0.25, 0.3) is 5.91 Å². The Balaban J connectivity index is 1.75. The number of pyridine rings is 1. The van der Waals surface area contributed by atoms with Gasteiger partial charge in [0, 0.05) is 23.9 Å². The van der Waals surface area contributed by atoms with Crippen molar-refractivity contribution in [2.75, 3.05) is 7.11 Å². The molecular weight excluding hydrogens is 459 g/mol. The van der Waals surface area contributed by atoms with E-state index in [1.807, 2.05) is 0 Å². The van der Waals surface area contributed by atoms with Gasteiger partial charge in [0.2, 0.25) is 0 Å². The second kappa shape index (κ2) is 11.2. The van der Waals surface area contributed by atoms with Gasteiger partial charge >= 0.3 is 5.97 Å². The van der Waals surface area contributed by atoms with Gasteiger partial charge in [-0.2, -0.15) is 0 Å². The van der Waals surface area contributed by atoms with Crippen LogP contribution in [0.2, 0.25) is 0 Å². The predicted molar refractivity (Wildman–Crippen MR) is 123 cm³/mol. The highest BCUT2D eigenvalue weighted by Gasteiger charge is 2.30. The van der Waals surface area contributed by atoms with Gasteiger partial charge in [-0.25, -0.2) is 14.2 Å². The number of ether oxygens (including phenoxy) is 3. The van der Waals surface area contributed by atoms with Gasteiger partial charge in [-0.1, -0.05) is 18.2 Å². The van der Waals surface area contributed by atoms with E-state index in [2.05, 4.69) is 10.3 Å². The molecule has 0 saturated carbocycles. The number of methoxy groups -OCH3 is 1. The molecule has 10 heteroatoms. The third-order valence-electron chi connectivity index (χ3n) is 5.06. The lowest BCUT2D eigenvalue weighted by atomic mass is 10.0. The number of nitrogens with one attached hydrogen (secondary N) is 1. The first kappa shape index (κ1) is 25.3. The third kappa shape index (κ3) is 6.17. The zero-order valence-corrected chi connectivity index (χ0v) is 19.3. The maximum absolute atomic E-state index is 13.5. The van der Waals surface area contributed by atoms with Gasteiger partial charge in [-0.15, -0.1) is 0 Å². The number of carbonyl (C=O) groups is 2. The fraction of sp³-hybridized carbons (Fsp3) is 0.240. The first-order valence-corrected chi connectivity index (χ1v) is 10.6. The Morgan fingerprint density at radius 1 is 1.06 bits per heavy atom. The molecule has 1 aromatic heterocycles. The molecule has 0 bridgehead atoms. The summed E-state index contributed by atoms with van der Waals surface area (Å²) in [6, 6.07) is 12.3. The van der Waals surface area contributed by atoms with Crippen molar-refractivity contribution < 1.29 is 38.4 Å². The van der Waals surface area contributed by atoms with Crippen molar-refractivity contribution in [3.63, 3.8) is 0 Å². The fourth-order valence-electron chi connectivity index (χ4n) is 3.25. The van der Waals surface area contributed by atoms with Crippen LogP contribution in [0.3, 0.4) is 0 Å². The molecule has 0 spiro atoms. The van der Waals surface area contributed by atoms with Crippen LogP contribution in [0.15, 0.2) is 60.8 Å². The Kier molecular flexibility index (Phi) is 8.08. The molecule has 0 fully saturated rings. The lowest BCUT2D eigenvalue weighted by molar-refractivity contribution is -0.154. The van der Waals surface area contributed by atoms with Crippen LogP contribution in [0.25, 0.3) is 0 Å². The van der Waals surface area contributed by atoms with Crippen molar-refractivity contribution in [3.8, 4) is 23.0 Å². The molecule has 3 aromatic rings. The summed E-state index contributed by atoms with van der Waals surface area (Å²) >= 11 is 0. The van der Waals surface area contributed by atoms with E-state index in [-0.39, 0.29) is 22.8 Å². The molecule has 0 radical (unpaired) electrons. The molecule has 1 amide bonds. The van der Waals surface area contributed by atoms with Gasteiger partial charge < -0.3 is 29.7 Å². The van der Waals surface area contributed by atoms with Crippen LogP contribution in [-0.4, -0.2) is 46.3 Å². The van der Waals surface area contributed by atoms with Crippen molar-refractivity contribution in [2.45, 2.75) is 32.1 Å². The normalized spacial score (nSPS) is 13.3. The van der Waals surface area contributed by atoms with Crippen LogP contribution in [-0.2, 0) is 9.53 Å². The van der Waals surface area contributed by atoms with E-state index in [1.165, 1.54) is 39.3 Å². The minimum Gasteiger partial charge on any atom is -0.507 e. The van der Waals surface area contributed by atoms with Crippen molar-refractivity contribution in [2.24, 2.45) is 0 Å². The number of phenolic OH excluding ortho intramolecular Hbond substituents is 1. The van der Waals surface area contributed by atoms with Gasteiger partial charge in [0.15, 0.2) is 23.3 Å². The molecular formula is C25H25FN2O7. The highest BCUT2D eigenvalue weighted by molar-refractivity contribution is 5.97. The molecule has 3 N–H and O–H groups in total. The number of halogens is 1. The Hall–Kier alpha value is -4.34. The van der Waals surface area contributed by atoms with Crippen molar-refractivity contribution in [1.82, 2.24) is 10.3 Å². The largest absolute Gasteiger partial charge is 0.507 e. The number of amides is 1. The summed E-state index contributed by atoms with van der Waals surface area (Å²) in [5, 5.41) is 22.8. The van der Waals surface area contributed by atoms with Crippen LogP contribution in [0.5, 0.6) is 23.0 Å². The minimum atomic E-state index is -1.13. The highest BCUT2D eigenvalue weighted by atomic mass is 19.1. The Labute approximate surface area is 201 Å². The summed E-state index contributed by atoms with van der Waals surface area (Å²) in [6.45, 7) is 2.94. The smallest absolute Gasteiger partial charge is 0.328 e. The molecule has 0 aliphatic carbocycles. The molecule has 0 aliphatic rings. The number of para-hydroxylation sites is 1. The molecule has 35 heavy (non-hydrogen) atoms. The average molecular weight is 484 g/mol. The fourth-order valence-corrected chi connectivity index (χ4v) is 3.25. The average Bonchev–Trinajstić information content (AvgIpc) is 2.83. The summed E-state index contributed by atoms with van der Waals surface area (Å²) in [4.78, 5) is 29.1. The molecule has 1 unspecified atom stereocenters. The van der Waals surface area contributed by atoms with Crippen molar-refractivity contribution in [1.29, 1.82) is 0 Å². The Morgan fingerprint density at radius 3 is 2.43 bits per heavy atom. The predicted octanol–water partition coefficient (Wildman–Crippen LogP) is 3.51. The molecule has 2 aromatic carbocycles. The molecule has 184 valence electrons. The van der Waals surface area contributed by atoms with E-state index >= 15 is 0 Å². The topological polar surface area (TPSA) is 127 Å². The highest BCUT2D eigenvalue weighted by Crippen LogP contribution is 2.33. The first-order valence-electron chi connectivity index (χ1n) is 10.6. The standard InChI is InChI=1S/C25H25FN2O7/c1-14(28-24(31)21-22(30)20(33-3)11-12-27-21)25(32)34-15(2)23(35-17-7-5-4-6-8-17)18-10-9-16(26)13-19(18)29/h4-15,23,29-30H,1-3H3,(H,28,31)/t14?,15-,23-/m0/s1. The number of aromatic nitrogens is 1. The van der Waals surface area contributed by atoms with Crippen LogP contribution < -0.4 is 14.8 Å². The van der Waals surface area contributed by atoms with Crippen LogP contribution in [0, 0.1) is 5.82 Å². The van der Waals surface area contributed by atoms with E-state index in [0.717, 1.165) is 12.1 Å². The van der Waals surface area contributed by atoms with Crippen molar-refractivity contribution >= 4 is 11.9 Å². The number of esters is 1. The molecule has 9 nitrogen and oxygen atoms in total. The number of carbonyl (C=O) groups excluding carboxylic acids is 2. The number of aromatic hydroxyl groups is 2. The number of hydrogen-bond donors (Lipinski definition) is 3. The maximum Gasteiger partial charge on any atom is 0.328 e. The van der Waals surface area contributed by atoms with E-state index in [1.54, 1.807) is 30.3 Å². The van der Waals surface area contributed by atoms with E-state index in [4.69, 9.17) is 14.2 Å². The summed E-state index contributed by atoms with van der Waals surface area (Å²) < 4.78 is 29.9. The molecule has 0 saturated heterocycles. The molecule has 3 atom stereocenters. The van der Waals surface area contributed by atoms with E-state index < -0.39 is 41.7 Å². The van der Waals surface area contributed by atoms with Gasteiger partial charge in [0.05, 0.1) is 7.11 Å². The molecule has 3 rings (SSSR count). The minimum absolute atomic E-state index is 0.0500. The SMILES string of the molecule is COc1ccnc(C(=O)NC(C)C(=O)O[C@@H](C)[C@H](Oc2ccccc2)c2ccc(F)cc2O)c1O. The summed E-state index contributed by atoms with van der Waals surface area (Å²) in [7, 11) is 1.32. The van der Waals surface area contributed by atoms with Crippen molar-refractivity contribution in [3.05, 3.63) is 77.9 Å². The summed E-state index contributed by atoms with van der Waals surface area (Å²) in [5.74, 6) is -2.61. The number of phenols is 1. The zero-order valence-electron chi connectivity index (χ0n) is 19.3. The summed E-state index contributed by atoms with van der Waals surface area (Å²) in [6.07, 6.45) is -0.671. The van der Waals surface area contributed by atoms with Crippen LogP contribution >= 0.6 is 0 Å². The first-order chi connectivity index (χ1) is 16.7. The number of nitrogens with zero attached hydrogens (tertiary/aromatic N) is 1. The lowest BCUT2D eigenvalue weighted by Gasteiger charge is -2.27. The number of hydrogen-bond acceptors (Lipinski definition) is 8. The van der Waals surface area contributed by atoms with Gasteiger partial charge in [0.1, 0.15) is 29.5 Å². The monoisotopic (exact) mass is 484 g/mol. The Morgan fingerprint density at radius 2 is 1.77 bits per heavy atom. The van der Waals surface area contributed by atoms with Gasteiger partial charge in [-0.3, -0.25) is 4.79 Å². The lowest BCUT2D eigenvalue weighted by Crippen LogP contribution is -2.42. The number of benzene rings is 2. The maximum atomic E-state index is 13.5. The van der Waals surface area contributed by atoms with E-state index in [0.29, 0.717) is 5.75 Å². The second-order valence-corrected chi connectivity index (χ2v) is 7.60. The second-order valence-electron chi connectivity index (χ2n) is 7.60. The molecule has 0 aliphatic heterocycles. The van der Waals surface area contributed by atoms with Crippen LogP contribution in [0.4, 0.5) is 4.39 Å². The molecule has 1 heterocycles. The van der Waals surface area contributed by atoms with Gasteiger partial charge in [-0.05, 0) is 38.1 Å². The van der Waals surface area contributed by atoms with Crippen LogP contribution in [0.1, 0.15) is 36.0 Å². The zero-order chi connectivity index (χ0) is 25.5.